The lowest BCUT2D eigenvalue weighted by Crippen LogP contribution is -2.32. The molecule has 0 fully saturated rings. The molecule has 0 saturated carbocycles. The molecule has 0 amide bonds. The fraction of sp³-hybridized carbons (Fsp3) is 0.647. The summed E-state index contributed by atoms with van der Waals surface area (Å²) in [5.41, 5.74) is 1.66. The second kappa shape index (κ2) is 8.04. The number of rotatable bonds is 8. The van der Waals surface area contributed by atoms with Crippen molar-refractivity contribution >= 4 is 15.9 Å². The minimum atomic E-state index is 0.314. The zero-order valence-corrected chi connectivity index (χ0v) is 15.0. The van der Waals surface area contributed by atoms with E-state index in [9.17, 15) is 0 Å². The van der Waals surface area contributed by atoms with Crippen LogP contribution in [-0.4, -0.2) is 20.2 Å². The SMILES string of the molecule is COc1ccc(CCC(C)(C)CNCC(C)C)c(Br)c1. The number of hydrogen-bond acceptors (Lipinski definition) is 2. The molecule has 0 aliphatic rings. The number of nitrogens with one attached hydrogen (secondary N) is 1. The van der Waals surface area contributed by atoms with Gasteiger partial charge in [0, 0.05) is 11.0 Å². The summed E-state index contributed by atoms with van der Waals surface area (Å²) >= 11 is 3.63. The molecule has 0 aliphatic heterocycles. The van der Waals surface area contributed by atoms with Crippen LogP contribution in [0, 0.1) is 11.3 Å². The smallest absolute Gasteiger partial charge is 0.120 e. The van der Waals surface area contributed by atoms with Gasteiger partial charge >= 0.3 is 0 Å². The van der Waals surface area contributed by atoms with Crippen molar-refractivity contribution in [2.45, 2.75) is 40.5 Å². The summed E-state index contributed by atoms with van der Waals surface area (Å²) in [6, 6.07) is 6.23. The van der Waals surface area contributed by atoms with E-state index in [4.69, 9.17) is 4.74 Å². The standard InChI is InChI=1S/C17H28BrNO/c1-13(2)11-19-12-17(3,4)9-8-14-6-7-15(20-5)10-16(14)18/h6-7,10,13,19H,8-9,11-12H2,1-5H3. The number of aryl methyl sites for hydroxylation is 1. The molecular weight excluding hydrogens is 314 g/mol. The maximum absolute atomic E-state index is 5.23. The van der Waals surface area contributed by atoms with Gasteiger partial charge in [-0.05, 0) is 48.4 Å². The highest BCUT2D eigenvalue weighted by Gasteiger charge is 2.18. The van der Waals surface area contributed by atoms with Gasteiger partial charge in [-0.2, -0.15) is 0 Å². The Morgan fingerprint density at radius 3 is 2.55 bits per heavy atom. The maximum atomic E-state index is 5.23. The summed E-state index contributed by atoms with van der Waals surface area (Å²) < 4.78 is 6.37. The van der Waals surface area contributed by atoms with Gasteiger partial charge in [0.2, 0.25) is 0 Å². The van der Waals surface area contributed by atoms with Crippen LogP contribution < -0.4 is 10.1 Å². The average molecular weight is 342 g/mol. The van der Waals surface area contributed by atoms with E-state index >= 15 is 0 Å². The van der Waals surface area contributed by atoms with Gasteiger partial charge in [0.1, 0.15) is 5.75 Å². The van der Waals surface area contributed by atoms with E-state index in [1.54, 1.807) is 7.11 Å². The molecule has 0 unspecified atom stereocenters. The van der Waals surface area contributed by atoms with E-state index < -0.39 is 0 Å². The van der Waals surface area contributed by atoms with Gasteiger partial charge in [-0.1, -0.05) is 49.7 Å². The number of ether oxygens (including phenoxy) is 1. The van der Waals surface area contributed by atoms with Crippen LogP contribution in [-0.2, 0) is 6.42 Å². The van der Waals surface area contributed by atoms with Crippen LogP contribution in [0.5, 0.6) is 5.75 Å². The van der Waals surface area contributed by atoms with E-state index in [1.165, 1.54) is 12.0 Å². The first-order valence-electron chi connectivity index (χ1n) is 7.37. The third-order valence-corrected chi connectivity index (χ3v) is 4.23. The van der Waals surface area contributed by atoms with Crippen LogP contribution in [0.15, 0.2) is 22.7 Å². The third kappa shape index (κ3) is 6.27. The second-order valence-corrected chi connectivity index (χ2v) is 7.50. The van der Waals surface area contributed by atoms with E-state index in [0.29, 0.717) is 11.3 Å². The largest absolute Gasteiger partial charge is 0.497 e. The molecule has 0 atom stereocenters. The second-order valence-electron chi connectivity index (χ2n) is 6.65. The molecule has 0 bridgehead atoms. The summed E-state index contributed by atoms with van der Waals surface area (Å²) in [5.74, 6) is 1.61. The summed E-state index contributed by atoms with van der Waals surface area (Å²) in [7, 11) is 1.70. The van der Waals surface area contributed by atoms with Gasteiger partial charge in [-0.3, -0.25) is 0 Å². The summed E-state index contributed by atoms with van der Waals surface area (Å²) in [6.45, 7) is 11.3. The first-order valence-corrected chi connectivity index (χ1v) is 8.16. The lowest BCUT2D eigenvalue weighted by molar-refractivity contribution is 0.308. The molecule has 1 rings (SSSR count). The maximum Gasteiger partial charge on any atom is 0.120 e. The van der Waals surface area contributed by atoms with E-state index in [2.05, 4.69) is 55.0 Å². The van der Waals surface area contributed by atoms with Crippen LogP contribution in [0.4, 0.5) is 0 Å². The predicted octanol–water partition coefficient (Wildman–Crippen LogP) is 4.66. The van der Waals surface area contributed by atoms with Gasteiger partial charge in [0.15, 0.2) is 0 Å². The van der Waals surface area contributed by atoms with Crippen molar-refractivity contribution in [1.82, 2.24) is 5.32 Å². The highest BCUT2D eigenvalue weighted by molar-refractivity contribution is 9.10. The highest BCUT2D eigenvalue weighted by atomic mass is 79.9. The molecule has 2 nitrogen and oxygen atoms in total. The Hall–Kier alpha value is -0.540. The third-order valence-electron chi connectivity index (χ3n) is 3.49. The van der Waals surface area contributed by atoms with Crippen LogP contribution in [0.2, 0.25) is 0 Å². The summed E-state index contributed by atoms with van der Waals surface area (Å²) in [5, 5.41) is 3.56. The molecule has 114 valence electrons. The van der Waals surface area contributed by atoms with Crippen molar-refractivity contribution < 1.29 is 4.74 Å². The monoisotopic (exact) mass is 341 g/mol. The molecular formula is C17H28BrNO. The molecule has 0 aliphatic carbocycles. The summed E-state index contributed by atoms with van der Waals surface area (Å²) in [6.07, 6.45) is 2.25. The Balaban J connectivity index is 2.48. The first kappa shape index (κ1) is 17.5. The lowest BCUT2D eigenvalue weighted by Gasteiger charge is -2.26. The highest BCUT2D eigenvalue weighted by Crippen LogP contribution is 2.28. The van der Waals surface area contributed by atoms with Gasteiger partial charge in [-0.25, -0.2) is 0 Å². The molecule has 0 saturated heterocycles. The molecule has 20 heavy (non-hydrogen) atoms. The Kier molecular flexibility index (Phi) is 7.04. The van der Waals surface area contributed by atoms with Crippen molar-refractivity contribution in [2.24, 2.45) is 11.3 Å². The van der Waals surface area contributed by atoms with Crippen molar-refractivity contribution in [3.8, 4) is 5.75 Å². The van der Waals surface area contributed by atoms with Crippen LogP contribution >= 0.6 is 15.9 Å². The molecule has 0 aromatic heterocycles. The van der Waals surface area contributed by atoms with Crippen molar-refractivity contribution in [1.29, 1.82) is 0 Å². The number of hydrogen-bond donors (Lipinski definition) is 1. The van der Waals surface area contributed by atoms with Gasteiger partial charge < -0.3 is 10.1 Å². The molecule has 0 spiro atoms. The lowest BCUT2D eigenvalue weighted by atomic mass is 9.86. The van der Waals surface area contributed by atoms with Gasteiger partial charge in [0.25, 0.3) is 0 Å². The van der Waals surface area contributed by atoms with Crippen molar-refractivity contribution in [3.63, 3.8) is 0 Å². The minimum absolute atomic E-state index is 0.314. The molecule has 1 aromatic carbocycles. The molecule has 0 radical (unpaired) electrons. The molecule has 0 heterocycles. The van der Waals surface area contributed by atoms with Crippen LogP contribution in [0.1, 0.15) is 39.7 Å². The number of halogens is 1. The first-order chi connectivity index (χ1) is 9.34. The number of methoxy groups -OCH3 is 1. The molecule has 3 heteroatoms. The Labute approximate surface area is 132 Å². The van der Waals surface area contributed by atoms with Gasteiger partial charge in [-0.15, -0.1) is 0 Å². The van der Waals surface area contributed by atoms with Gasteiger partial charge in [0.05, 0.1) is 7.11 Å². The average Bonchev–Trinajstić information content (AvgIpc) is 2.36. The predicted molar refractivity (Wildman–Crippen MR) is 90.5 cm³/mol. The Morgan fingerprint density at radius 1 is 1.30 bits per heavy atom. The topological polar surface area (TPSA) is 21.3 Å². The normalized spacial score (nSPS) is 11.9. The van der Waals surface area contributed by atoms with E-state index in [1.807, 2.05) is 12.1 Å². The van der Waals surface area contributed by atoms with E-state index in [0.717, 1.165) is 29.7 Å². The minimum Gasteiger partial charge on any atom is -0.497 e. The Morgan fingerprint density at radius 2 is 2.00 bits per heavy atom. The van der Waals surface area contributed by atoms with E-state index in [-0.39, 0.29) is 0 Å². The molecule has 1 N–H and O–H groups in total. The van der Waals surface area contributed by atoms with Crippen LogP contribution in [0.3, 0.4) is 0 Å². The zero-order chi connectivity index (χ0) is 15.2. The zero-order valence-electron chi connectivity index (χ0n) is 13.4. The molecule has 1 aromatic rings. The van der Waals surface area contributed by atoms with Crippen LogP contribution in [0.25, 0.3) is 0 Å². The Bertz CT molecular complexity index is 415. The fourth-order valence-electron chi connectivity index (χ4n) is 2.12. The van der Waals surface area contributed by atoms with Crippen molar-refractivity contribution in [3.05, 3.63) is 28.2 Å². The van der Waals surface area contributed by atoms with Crippen molar-refractivity contribution in [2.75, 3.05) is 20.2 Å². The number of benzene rings is 1. The fourth-order valence-corrected chi connectivity index (χ4v) is 2.67. The summed E-state index contributed by atoms with van der Waals surface area (Å²) in [4.78, 5) is 0. The quantitative estimate of drug-likeness (QED) is 0.742.